The smallest absolute Gasteiger partial charge is 0.133 e. The molecule has 27 heavy (non-hydrogen) atoms. The SMILES string of the molecule is CCCCC[C@H]1CC[C@H](c2ccc(/C=C/c3ccc(F)cc3F)cc2)CC1. The van der Waals surface area contributed by atoms with E-state index in [-0.39, 0.29) is 0 Å². The van der Waals surface area contributed by atoms with Crippen molar-refractivity contribution in [1.82, 2.24) is 0 Å². The van der Waals surface area contributed by atoms with Gasteiger partial charge in [0.15, 0.2) is 0 Å². The summed E-state index contributed by atoms with van der Waals surface area (Å²) in [5.74, 6) is 0.535. The van der Waals surface area contributed by atoms with Crippen LogP contribution in [-0.2, 0) is 0 Å². The van der Waals surface area contributed by atoms with Gasteiger partial charge in [-0.05, 0) is 60.8 Å². The summed E-state index contributed by atoms with van der Waals surface area (Å²) >= 11 is 0. The van der Waals surface area contributed by atoms with Crippen LogP contribution in [0.2, 0.25) is 0 Å². The topological polar surface area (TPSA) is 0 Å². The molecule has 0 saturated heterocycles. The van der Waals surface area contributed by atoms with Crippen LogP contribution in [0, 0.1) is 17.6 Å². The van der Waals surface area contributed by atoms with Crippen molar-refractivity contribution in [2.75, 3.05) is 0 Å². The quantitative estimate of drug-likeness (QED) is 0.343. The molecule has 0 spiro atoms. The summed E-state index contributed by atoms with van der Waals surface area (Å²) in [6.45, 7) is 2.27. The van der Waals surface area contributed by atoms with E-state index in [0.29, 0.717) is 11.5 Å². The fourth-order valence-electron chi connectivity index (χ4n) is 4.17. The first-order valence-corrected chi connectivity index (χ1v) is 10.4. The normalized spacial score (nSPS) is 20.3. The second-order valence-electron chi connectivity index (χ2n) is 7.88. The molecule has 1 aliphatic rings. The van der Waals surface area contributed by atoms with Crippen molar-refractivity contribution >= 4 is 12.2 Å². The summed E-state index contributed by atoms with van der Waals surface area (Å²) in [6, 6.07) is 12.3. The molecule has 2 aromatic rings. The van der Waals surface area contributed by atoms with Crippen LogP contribution in [0.3, 0.4) is 0 Å². The molecule has 1 saturated carbocycles. The lowest BCUT2D eigenvalue weighted by Crippen LogP contribution is -2.13. The lowest BCUT2D eigenvalue weighted by molar-refractivity contribution is 0.303. The summed E-state index contributed by atoms with van der Waals surface area (Å²) in [5, 5.41) is 0. The van der Waals surface area contributed by atoms with Crippen LogP contribution in [-0.4, -0.2) is 0 Å². The first kappa shape index (κ1) is 19.8. The van der Waals surface area contributed by atoms with Crippen molar-refractivity contribution in [2.45, 2.75) is 64.2 Å². The van der Waals surface area contributed by atoms with Crippen LogP contribution in [0.1, 0.15) is 80.9 Å². The van der Waals surface area contributed by atoms with Crippen LogP contribution in [0.4, 0.5) is 8.78 Å². The van der Waals surface area contributed by atoms with Crippen LogP contribution < -0.4 is 0 Å². The van der Waals surface area contributed by atoms with E-state index < -0.39 is 11.6 Å². The largest absolute Gasteiger partial charge is 0.207 e. The summed E-state index contributed by atoms with van der Waals surface area (Å²) in [5.41, 5.74) is 2.87. The predicted molar refractivity (Wildman–Crippen MR) is 111 cm³/mol. The maximum absolute atomic E-state index is 13.7. The van der Waals surface area contributed by atoms with E-state index in [9.17, 15) is 8.78 Å². The highest BCUT2D eigenvalue weighted by Gasteiger charge is 2.21. The Morgan fingerprint density at radius 2 is 1.63 bits per heavy atom. The van der Waals surface area contributed by atoms with E-state index in [4.69, 9.17) is 0 Å². The van der Waals surface area contributed by atoms with Gasteiger partial charge in [-0.25, -0.2) is 8.78 Å². The molecule has 0 aromatic heterocycles. The second-order valence-corrected chi connectivity index (χ2v) is 7.88. The van der Waals surface area contributed by atoms with Crippen LogP contribution in [0.25, 0.3) is 12.2 Å². The maximum atomic E-state index is 13.7. The average molecular weight is 369 g/mol. The molecule has 0 heterocycles. The number of halogens is 2. The van der Waals surface area contributed by atoms with Gasteiger partial charge in [-0.15, -0.1) is 0 Å². The van der Waals surface area contributed by atoms with Gasteiger partial charge in [0.1, 0.15) is 11.6 Å². The van der Waals surface area contributed by atoms with Gasteiger partial charge in [0.2, 0.25) is 0 Å². The van der Waals surface area contributed by atoms with Crippen molar-refractivity contribution in [3.8, 4) is 0 Å². The molecule has 1 aliphatic carbocycles. The van der Waals surface area contributed by atoms with Gasteiger partial charge in [0, 0.05) is 11.6 Å². The molecule has 0 N–H and O–H groups in total. The summed E-state index contributed by atoms with van der Waals surface area (Å²) in [6.07, 6.45) is 14.4. The molecule has 2 aromatic carbocycles. The minimum Gasteiger partial charge on any atom is -0.207 e. The maximum Gasteiger partial charge on any atom is 0.133 e. The van der Waals surface area contributed by atoms with Gasteiger partial charge in [-0.3, -0.25) is 0 Å². The lowest BCUT2D eigenvalue weighted by atomic mass is 9.77. The van der Waals surface area contributed by atoms with Crippen LogP contribution in [0.5, 0.6) is 0 Å². The highest BCUT2D eigenvalue weighted by Crippen LogP contribution is 2.37. The zero-order chi connectivity index (χ0) is 19.1. The van der Waals surface area contributed by atoms with Crippen molar-refractivity contribution in [3.63, 3.8) is 0 Å². The van der Waals surface area contributed by atoms with Gasteiger partial charge in [-0.1, -0.05) is 69.0 Å². The van der Waals surface area contributed by atoms with E-state index in [1.165, 1.54) is 69.1 Å². The molecule has 0 unspecified atom stereocenters. The molecular weight excluding hydrogens is 338 g/mol. The Bertz CT molecular complexity index is 737. The van der Waals surface area contributed by atoms with Crippen molar-refractivity contribution < 1.29 is 8.78 Å². The summed E-state index contributed by atoms with van der Waals surface area (Å²) in [7, 11) is 0. The number of hydrogen-bond acceptors (Lipinski definition) is 0. The fourth-order valence-corrected chi connectivity index (χ4v) is 4.17. The zero-order valence-electron chi connectivity index (χ0n) is 16.3. The first-order valence-electron chi connectivity index (χ1n) is 10.4. The second kappa shape index (κ2) is 9.82. The molecule has 0 aliphatic heterocycles. The summed E-state index contributed by atoms with van der Waals surface area (Å²) in [4.78, 5) is 0. The molecule has 1 fully saturated rings. The Balaban J connectivity index is 1.54. The zero-order valence-corrected chi connectivity index (χ0v) is 16.3. The minimum atomic E-state index is -0.547. The Labute approximate surface area is 162 Å². The van der Waals surface area contributed by atoms with Gasteiger partial charge < -0.3 is 0 Å². The summed E-state index contributed by atoms with van der Waals surface area (Å²) < 4.78 is 26.7. The standard InChI is InChI=1S/C25H30F2/c1-2-3-4-5-19-6-11-21(12-7-19)22-13-8-20(9-14-22)10-15-23-16-17-24(26)18-25(23)27/h8-10,13-19,21H,2-7,11-12H2,1H3/b15-10+/t19-,21-. The van der Waals surface area contributed by atoms with Crippen molar-refractivity contribution in [3.05, 3.63) is 70.8 Å². The Morgan fingerprint density at radius 3 is 2.30 bits per heavy atom. The monoisotopic (exact) mass is 368 g/mol. The molecule has 0 radical (unpaired) electrons. The molecule has 144 valence electrons. The highest BCUT2D eigenvalue weighted by molar-refractivity contribution is 5.69. The van der Waals surface area contributed by atoms with Crippen molar-refractivity contribution in [2.24, 2.45) is 5.92 Å². The predicted octanol–water partition coefficient (Wildman–Crippen LogP) is 7.99. The van der Waals surface area contributed by atoms with Gasteiger partial charge in [0.05, 0.1) is 0 Å². The Kier molecular flexibility index (Phi) is 7.20. The molecule has 3 rings (SSSR count). The van der Waals surface area contributed by atoms with Crippen molar-refractivity contribution in [1.29, 1.82) is 0 Å². The average Bonchev–Trinajstić information content (AvgIpc) is 2.69. The Morgan fingerprint density at radius 1 is 0.889 bits per heavy atom. The van der Waals surface area contributed by atoms with Crippen LogP contribution in [0.15, 0.2) is 42.5 Å². The van der Waals surface area contributed by atoms with Gasteiger partial charge in [-0.2, -0.15) is 0 Å². The minimum absolute atomic E-state index is 0.405. The molecular formula is C25H30F2. The molecule has 0 nitrogen and oxygen atoms in total. The third-order valence-electron chi connectivity index (χ3n) is 5.89. The number of rotatable bonds is 7. The van der Waals surface area contributed by atoms with E-state index in [1.807, 2.05) is 6.08 Å². The molecule has 2 heteroatoms. The lowest BCUT2D eigenvalue weighted by Gasteiger charge is -2.29. The fraction of sp³-hybridized carbons (Fsp3) is 0.440. The van der Waals surface area contributed by atoms with E-state index in [1.54, 1.807) is 6.08 Å². The Hall–Kier alpha value is -1.96. The highest BCUT2D eigenvalue weighted by atomic mass is 19.1. The molecule has 0 amide bonds. The van der Waals surface area contributed by atoms with E-state index >= 15 is 0 Å². The third-order valence-corrected chi connectivity index (χ3v) is 5.89. The molecule has 0 atom stereocenters. The number of benzene rings is 2. The van der Waals surface area contributed by atoms with Gasteiger partial charge in [0.25, 0.3) is 0 Å². The van der Waals surface area contributed by atoms with Gasteiger partial charge >= 0.3 is 0 Å². The number of unbranched alkanes of at least 4 members (excludes halogenated alkanes) is 2. The van der Waals surface area contributed by atoms with Crippen LogP contribution >= 0.6 is 0 Å². The number of hydrogen-bond donors (Lipinski definition) is 0. The first-order chi connectivity index (χ1) is 13.2. The van der Waals surface area contributed by atoms with E-state index in [2.05, 4.69) is 31.2 Å². The van der Waals surface area contributed by atoms with E-state index in [0.717, 1.165) is 17.5 Å². The molecule has 0 bridgehead atoms. The third kappa shape index (κ3) is 5.76.